The molecule has 3 heterocycles. The topological polar surface area (TPSA) is 60.9 Å². The zero-order valence-corrected chi connectivity index (χ0v) is 18.0. The minimum atomic E-state index is -0.555. The smallest absolute Gasteiger partial charge is 0.443 e. The second kappa shape index (κ2) is 5.95. The number of hydrogen-bond donors (Lipinski definition) is 0. The van der Waals surface area contributed by atoms with E-state index in [0.29, 0.717) is 6.54 Å². The summed E-state index contributed by atoms with van der Waals surface area (Å²) < 4.78 is 17.9. The minimum Gasteiger partial charge on any atom is -0.443 e. The van der Waals surface area contributed by atoms with E-state index in [1.54, 1.807) is 11.1 Å². The van der Waals surface area contributed by atoms with E-state index >= 15 is 0 Å². The van der Waals surface area contributed by atoms with Crippen molar-refractivity contribution < 1.29 is 18.8 Å². The maximum Gasteiger partial charge on any atom is 0.496 e. The molecule has 0 unspecified atom stereocenters. The Bertz CT molecular complexity index is 752. The molecule has 0 spiro atoms. The van der Waals surface area contributed by atoms with Gasteiger partial charge in [-0.3, -0.25) is 9.88 Å². The normalized spacial score (nSPS) is 22.7. The van der Waals surface area contributed by atoms with Crippen LogP contribution in [0.5, 0.6) is 0 Å². The van der Waals surface area contributed by atoms with Gasteiger partial charge in [-0.2, -0.15) is 0 Å². The number of pyridine rings is 1. The number of nitrogens with zero attached hydrogens (tertiary/aromatic N) is 2. The summed E-state index contributed by atoms with van der Waals surface area (Å²) in [4.78, 5) is 19.1. The number of amides is 1. The van der Waals surface area contributed by atoms with Gasteiger partial charge < -0.3 is 14.0 Å². The summed E-state index contributed by atoms with van der Waals surface area (Å²) in [6, 6.07) is 1.95. The van der Waals surface area contributed by atoms with E-state index in [1.807, 2.05) is 54.5 Å². The molecule has 3 rings (SSSR count). The highest BCUT2D eigenvalue weighted by Gasteiger charge is 2.52. The SMILES string of the molecule is CC(C)(C)OC(=O)N1CC(C)(C)c2ncc(B3OC(C)(C)C(C)(C)O3)cc21. The van der Waals surface area contributed by atoms with Gasteiger partial charge in [0.2, 0.25) is 0 Å². The van der Waals surface area contributed by atoms with Gasteiger partial charge in [-0.1, -0.05) is 13.8 Å². The Kier molecular flexibility index (Phi) is 4.44. The van der Waals surface area contributed by atoms with Gasteiger partial charge in [-0.05, 0) is 54.5 Å². The molecule has 0 atom stereocenters. The van der Waals surface area contributed by atoms with E-state index in [2.05, 4.69) is 18.8 Å². The monoisotopic (exact) mass is 374 g/mol. The van der Waals surface area contributed by atoms with E-state index in [4.69, 9.17) is 14.0 Å². The Morgan fingerprint density at radius 1 is 1.15 bits per heavy atom. The van der Waals surface area contributed by atoms with E-state index in [-0.39, 0.29) is 11.5 Å². The maximum absolute atomic E-state index is 12.8. The Morgan fingerprint density at radius 3 is 2.22 bits per heavy atom. The molecule has 7 heteroatoms. The highest BCUT2D eigenvalue weighted by molar-refractivity contribution is 6.62. The number of fused-ring (bicyclic) bond motifs is 1. The first kappa shape index (κ1) is 20.1. The molecule has 1 amide bonds. The first-order valence-electron chi connectivity index (χ1n) is 9.50. The van der Waals surface area contributed by atoms with Crippen molar-refractivity contribution in [2.75, 3.05) is 11.4 Å². The summed E-state index contributed by atoms with van der Waals surface area (Å²) in [5.41, 5.74) is 0.789. The van der Waals surface area contributed by atoms with Crippen LogP contribution in [0.15, 0.2) is 12.3 Å². The van der Waals surface area contributed by atoms with Gasteiger partial charge in [0.1, 0.15) is 5.60 Å². The third-order valence-electron chi connectivity index (χ3n) is 5.51. The lowest BCUT2D eigenvalue weighted by Crippen LogP contribution is -2.41. The van der Waals surface area contributed by atoms with Gasteiger partial charge in [-0.25, -0.2) is 4.79 Å². The summed E-state index contributed by atoms with van der Waals surface area (Å²) in [6.45, 7) is 18.4. The summed E-state index contributed by atoms with van der Waals surface area (Å²) in [6.07, 6.45) is 1.43. The molecule has 2 aliphatic rings. The fraction of sp³-hybridized carbons (Fsp3) is 0.700. The first-order valence-corrected chi connectivity index (χ1v) is 9.50. The highest BCUT2D eigenvalue weighted by Crippen LogP contribution is 2.40. The zero-order valence-electron chi connectivity index (χ0n) is 18.0. The second-order valence-electron chi connectivity index (χ2n) is 10.2. The molecule has 148 valence electrons. The molecule has 0 bridgehead atoms. The lowest BCUT2D eigenvalue weighted by Gasteiger charge is -2.32. The van der Waals surface area contributed by atoms with Crippen LogP contribution in [0.3, 0.4) is 0 Å². The predicted octanol–water partition coefficient (Wildman–Crippen LogP) is 3.41. The Balaban J connectivity index is 1.95. The van der Waals surface area contributed by atoms with Crippen LogP contribution in [0.25, 0.3) is 0 Å². The standard InChI is InChI=1S/C20H31BN2O4/c1-17(2,3)25-16(24)23-12-18(4,5)15-14(23)10-13(11-22-15)21-26-19(6,7)20(8,9)27-21/h10-11H,12H2,1-9H3. The molecule has 27 heavy (non-hydrogen) atoms. The molecule has 0 radical (unpaired) electrons. The number of hydrogen-bond acceptors (Lipinski definition) is 5. The Labute approximate surface area is 162 Å². The average molecular weight is 374 g/mol. The van der Waals surface area contributed by atoms with E-state index in [0.717, 1.165) is 16.8 Å². The van der Waals surface area contributed by atoms with Gasteiger partial charge in [0.25, 0.3) is 0 Å². The molecule has 0 N–H and O–H groups in total. The van der Waals surface area contributed by atoms with E-state index < -0.39 is 23.9 Å². The summed E-state index contributed by atoms with van der Waals surface area (Å²) >= 11 is 0. The van der Waals surface area contributed by atoms with Crippen LogP contribution >= 0.6 is 0 Å². The van der Waals surface area contributed by atoms with E-state index in [1.165, 1.54) is 0 Å². The molecule has 1 saturated heterocycles. The van der Waals surface area contributed by atoms with Gasteiger partial charge in [0.05, 0.1) is 22.6 Å². The fourth-order valence-corrected chi connectivity index (χ4v) is 3.34. The van der Waals surface area contributed by atoms with Crippen LogP contribution in [0.1, 0.15) is 68.0 Å². The highest BCUT2D eigenvalue weighted by atomic mass is 16.7. The molecule has 0 saturated carbocycles. The number of carbonyl (C=O) groups excluding carboxylic acids is 1. The summed E-state index contributed by atoms with van der Waals surface area (Å²) in [7, 11) is -0.517. The second-order valence-corrected chi connectivity index (χ2v) is 10.2. The molecule has 1 aromatic rings. The number of rotatable bonds is 1. The quantitative estimate of drug-likeness (QED) is 0.705. The van der Waals surface area contributed by atoms with Crippen molar-refractivity contribution in [3.8, 4) is 0 Å². The molecular weight excluding hydrogens is 343 g/mol. The van der Waals surface area contributed by atoms with Crippen LogP contribution in [0.4, 0.5) is 10.5 Å². The van der Waals surface area contributed by atoms with Crippen LogP contribution in [-0.2, 0) is 19.5 Å². The number of ether oxygens (including phenoxy) is 1. The predicted molar refractivity (Wildman–Crippen MR) is 107 cm³/mol. The molecule has 1 aromatic heterocycles. The number of aromatic nitrogens is 1. The first-order chi connectivity index (χ1) is 12.1. The van der Waals surface area contributed by atoms with Crippen molar-refractivity contribution in [3.05, 3.63) is 18.0 Å². The fourth-order valence-electron chi connectivity index (χ4n) is 3.34. The summed E-state index contributed by atoms with van der Waals surface area (Å²) in [5, 5.41) is 0. The number of anilines is 1. The lowest BCUT2D eigenvalue weighted by molar-refractivity contribution is 0.00578. The van der Waals surface area contributed by atoms with Gasteiger partial charge in [-0.15, -0.1) is 0 Å². The zero-order chi connectivity index (χ0) is 20.4. The van der Waals surface area contributed by atoms with Crippen molar-refractivity contribution >= 4 is 24.4 Å². The maximum atomic E-state index is 12.8. The average Bonchev–Trinajstić information content (AvgIpc) is 2.87. The Morgan fingerprint density at radius 2 is 1.70 bits per heavy atom. The summed E-state index contributed by atoms with van der Waals surface area (Å²) in [5.74, 6) is 0. The van der Waals surface area contributed by atoms with Gasteiger partial charge in [0, 0.05) is 23.6 Å². The van der Waals surface area contributed by atoms with Crippen molar-refractivity contribution in [2.24, 2.45) is 0 Å². The van der Waals surface area contributed by atoms with Crippen LogP contribution in [0.2, 0.25) is 0 Å². The molecule has 0 aromatic carbocycles. The molecular formula is C20H31BN2O4. The lowest BCUT2D eigenvalue weighted by atomic mass is 9.79. The largest absolute Gasteiger partial charge is 0.496 e. The molecule has 1 fully saturated rings. The van der Waals surface area contributed by atoms with Gasteiger partial charge >= 0.3 is 13.2 Å². The Hall–Kier alpha value is -1.60. The molecule has 0 aliphatic carbocycles. The van der Waals surface area contributed by atoms with Crippen molar-refractivity contribution in [2.45, 2.75) is 84.5 Å². The van der Waals surface area contributed by atoms with Crippen molar-refractivity contribution in [1.29, 1.82) is 0 Å². The third-order valence-corrected chi connectivity index (χ3v) is 5.51. The van der Waals surface area contributed by atoms with Crippen molar-refractivity contribution in [3.63, 3.8) is 0 Å². The van der Waals surface area contributed by atoms with Crippen molar-refractivity contribution in [1.82, 2.24) is 4.98 Å². The third kappa shape index (κ3) is 3.59. The molecule has 6 nitrogen and oxygen atoms in total. The van der Waals surface area contributed by atoms with Gasteiger partial charge in [0.15, 0.2) is 0 Å². The number of carbonyl (C=O) groups is 1. The van der Waals surface area contributed by atoms with E-state index in [9.17, 15) is 4.79 Å². The molecule has 2 aliphatic heterocycles. The van der Waals surface area contributed by atoms with Crippen LogP contribution < -0.4 is 10.4 Å². The van der Waals surface area contributed by atoms with Crippen LogP contribution in [-0.4, -0.2) is 41.5 Å². The minimum absolute atomic E-state index is 0.249. The van der Waals surface area contributed by atoms with Crippen LogP contribution in [0, 0.1) is 0 Å².